The minimum absolute atomic E-state index is 0.00347. The maximum Gasteiger partial charge on any atom is 0.534 e. The van der Waals surface area contributed by atoms with E-state index in [9.17, 15) is 80.6 Å². The Kier molecular flexibility index (Phi) is 19.3. The first-order valence-electron chi connectivity index (χ1n) is 21.5. The first-order chi connectivity index (χ1) is 34.2. The van der Waals surface area contributed by atoms with Gasteiger partial charge in [0.25, 0.3) is 0 Å². The second-order valence-corrected chi connectivity index (χ2v) is 19.9. The first-order valence-corrected chi connectivity index (χ1v) is 24.8. The Labute approximate surface area is 437 Å². The van der Waals surface area contributed by atoms with Gasteiger partial charge in [-0.05, 0) is 96.7 Å². The maximum atomic E-state index is 12.8. The van der Waals surface area contributed by atoms with E-state index in [0.717, 1.165) is 48.3 Å². The molecular weight excluding hydrogens is 1170 g/mol. The molecule has 29 heteroatoms. The van der Waals surface area contributed by atoms with Crippen molar-refractivity contribution in [1.29, 1.82) is 0 Å². The van der Waals surface area contributed by atoms with Gasteiger partial charge in [0.05, 0.1) is 27.9 Å². The molecule has 4 aromatic rings. The highest BCUT2D eigenvalue weighted by atomic mass is 79.9. The fourth-order valence-corrected chi connectivity index (χ4v) is 9.95. The van der Waals surface area contributed by atoms with E-state index in [4.69, 9.17) is 39.5 Å². The highest BCUT2D eigenvalue weighted by Gasteiger charge is 2.50. The number of hydrogen-bond donors (Lipinski definition) is 2. The van der Waals surface area contributed by atoms with Gasteiger partial charge in [0.1, 0.15) is 11.5 Å². The van der Waals surface area contributed by atoms with Crippen molar-refractivity contribution in [3.63, 3.8) is 0 Å². The zero-order valence-corrected chi connectivity index (χ0v) is 42.7. The number of aromatic hydroxyl groups is 1. The third-order valence-electron chi connectivity index (χ3n) is 11.6. The van der Waals surface area contributed by atoms with E-state index in [-0.39, 0.29) is 86.7 Å². The Morgan fingerprint density at radius 3 is 1.49 bits per heavy atom. The predicted octanol–water partition coefficient (Wildman–Crippen LogP) is 10.8. The summed E-state index contributed by atoms with van der Waals surface area (Å²) < 4.78 is 183. The number of nitrogens with one attached hydrogen (secondary N) is 1. The summed E-state index contributed by atoms with van der Waals surface area (Å²) >= 11 is 21.4. The van der Waals surface area contributed by atoms with Crippen molar-refractivity contribution in [2.24, 2.45) is 0 Å². The van der Waals surface area contributed by atoms with E-state index in [2.05, 4.69) is 25.4 Å². The number of alkyl halides is 12. The van der Waals surface area contributed by atoms with Gasteiger partial charge >= 0.3 is 51.9 Å². The summed E-state index contributed by atoms with van der Waals surface area (Å²) in [6.07, 6.45) is -14.3. The largest absolute Gasteiger partial charge is 0.534 e. The zero-order chi connectivity index (χ0) is 55.3. The van der Waals surface area contributed by atoms with Crippen LogP contribution in [0.15, 0.2) is 59.1 Å². The Balaban J connectivity index is 0.000000210. The third-order valence-corrected chi connectivity index (χ3v) is 14.2. The number of phenols is 1. The van der Waals surface area contributed by atoms with Crippen molar-refractivity contribution in [3.8, 4) is 17.2 Å². The van der Waals surface area contributed by atoms with E-state index in [1.807, 2.05) is 24.3 Å². The third kappa shape index (κ3) is 14.9. The molecular formula is C45H40BrCl3F12N4O8S. The van der Waals surface area contributed by atoms with Gasteiger partial charge in [0, 0.05) is 61.4 Å². The predicted molar refractivity (Wildman–Crippen MR) is 250 cm³/mol. The SMILES string of the molecule is COc1ccc(CNc2c(Cl)cc(Br)c3c2CCN(C(=O)C(F)(F)F)CC3)cc1.O=C(N1CCc2ccc(Cl)c(O)c2CC1)C(F)(F)F.O=C(N1CCc2ccc(Cl)c(OS(=O)(=O)C(F)(F)F)c2CC1)C(F)(F)F. The zero-order valence-electron chi connectivity index (χ0n) is 38.0. The minimum Gasteiger partial charge on any atom is -0.506 e. The highest BCUT2D eigenvalue weighted by Crippen LogP contribution is 2.40. The summed E-state index contributed by atoms with van der Waals surface area (Å²) in [5, 5.41) is 13.3. The molecule has 0 radical (unpaired) electrons. The molecule has 0 saturated heterocycles. The molecule has 2 N–H and O–H groups in total. The number of ether oxygens (including phenoxy) is 1. The average molecular weight is 1210 g/mol. The second-order valence-electron chi connectivity index (χ2n) is 16.3. The fourth-order valence-electron chi connectivity index (χ4n) is 7.92. The van der Waals surface area contributed by atoms with Crippen molar-refractivity contribution in [1.82, 2.24) is 14.7 Å². The van der Waals surface area contributed by atoms with Crippen LogP contribution in [0.1, 0.15) is 38.9 Å². The van der Waals surface area contributed by atoms with Crippen LogP contribution in [0, 0.1) is 0 Å². The van der Waals surface area contributed by atoms with Gasteiger partial charge in [-0.2, -0.15) is 61.1 Å². The lowest BCUT2D eigenvalue weighted by molar-refractivity contribution is -0.185. The van der Waals surface area contributed by atoms with Crippen LogP contribution in [0.2, 0.25) is 15.1 Å². The Bertz CT molecular complexity index is 2840. The van der Waals surface area contributed by atoms with Crippen LogP contribution in [0.4, 0.5) is 58.4 Å². The average Bonchev–Trinajstić information content (AvgIpc) is 3.78. The van der Waals surface area contributed by atoms with Crippen LogP contribution < -0.4 is 14.2 Å². The normalized spacial score (nSPS) is 15.3. The summed E-state index contributed by atoms with van der Waals surface area (Å²) in [5.74, 6) is -5.91. The van der Waals surface area contributed by atoms with E-state index in [1.54, 1.807) is 19.2 Å². The number of rotatable bonds is 6. The summed E-state index contributed by atoms with van der Waals surface area (Å²) in [6.45, 7) is -0.472. The number of hydrogen-bond acceptors (Lipinski definition) is 9. The molecule has 0 unspecified atom stereocenters. The minimum atomic E-state index is -6.02. The van der Waals surface area contributed by atoms with Gasteiger partial charge < -0.3 is 34.0 Å². The monoisotopic (exact) mass is 1210 g/mol. The van der Waals surface area contributed by atoms with Gasteiger partial charge in [0.2, 0.25) is 0 Å². The van der Waals surface area contributed by atoms with Crippen molar-refractivity contribution in [3.05, 3.63) is 113 Å². The molecule has 3 aliphatic heterocycles. The molecule has 7 rings (SSSR count). The standard InChI is InChI=1S/C20H19BrClF3N2O2.C13H10ClF6NO4S.C12H11ClF3NO2/c1-29-13-4-2-12(3-5-13)11-26-18-15-7-9-27(19(28)20(23,24)25)8-6-14(15)16(21)10-17(18)22;14-9-2-1-7-3-5-21(11(22)12(15,16)17)6-4-8(7)10(9)25-26(23,24)13(18,19)20;13-9-2-1-7-3-5-17(11(19)12(14,15)16)6-4-8(7)10(9)18/h2-5,10,26H,6-9,11H2,1H3;1-2H,3-6H2;1-2,18H,3-6H2. The summed E-state index contributed by atoms with van der Waals surface area (Å²) in [7, 11) is -4.42. The number of carbonyl (C=O) groups excluding carboxylic acids is 3. The number of benzene rings is 4. The van der Waals surface area contributed by atoms with Crippen LogP contribution in [0.5, 0.6) is 17.2 Å². The molecule has 3 aliphatic rings. The summed E-state index contributed by atoms with van der Waals surface area (Å²) in [5.41, 5.74) is -0.948. The number of amides is 3. The lowest BCUT2D eigenvalue weighted by atomic mass is 10.0. The number of phenolic OH excluding ortho intramolecular Hbond substituents is 1. The van der Waals surface area contributed by atoms with Crippen LogP contribution in [-0.4, -0.2) is 116 Å². The van der Waals surface area contributed by atoms with Gasteiger partial charge in [-0.3, -0.25) is 14.4 Å². The number of nitrogens with zero attached hydrogens (tertiary/aromatic N) is 3. The van der Waals surface area contributed by atoms with Crippen molar-refractivity contribution < 1.29 is 89.5 Å². The lowest BCUT2D eigenvalue weighted by Crippen LogP contribution is -2.42. The van der Waals surface area contributed by atoms with Gasteiger partial charge in [0.15, 0.2) is 5.75 Å². The van der Waals surface area contributed by atoms with Gasteiger partial charge in [-0.15, -0.1) is 0 Å². The number of fused-ring (bicyclic) bond motifs is 3. The first kappa shape index (κ1) is 59.8. The van der Waals surface area contributed by atoms with E-state index in [1.165, 1.54) is 12.1 Å². The molecule has 0 fully saturated rings. The topological polar surface area (TPSA) is 146 Å². The number of halogens is 16. The molecule has 0 aromatic heterocycles. The highest BCUT2D eigenvalue weighted by molar-refractivity contribution is 9.10. The van der Waals surface area contributed by atoms with Crippen LogP contribution in [-0.2, 0) is 69.6 Å². The molecule has 0 bridgehead atoms. The van der Waals surface area contributed by atoms with Crippen LogP contribution in [0.3, 0.4) is 0 Å². The molecule has 74 heavy (non-hydrogen) atoms. The Morgan fingerprint density at radius 1 is 0.608 bits per heavy atom. The van der Waals surface area contributed by atoms with Crippen molar-refractivity contribution in [2.75, 3.05) is 51.7 Å². The summed E-state index contributed by atoms with van der Waals surface area (Å²) in [6, 6.07) is 14.8. The molecule has 3 heterocycles. The smallest absolute Gasteiger partial charge is 0.506 e. The number of carbonyl (C=O) groups is 3. The van der Waals surface area contributed by atoms with Gasteiger partial charge in [-0.25, -0.2) is 0 Å². The number of anilines is 1. The van der Waals surface area contributed by atoms with E-state index in [0.29, 0.717) is 34.1 Å². The van der Waals surface area contributed by atoms with Crippen molar-refractivity contribution in [2.45, 2.75) is 69.1 Å². The quantitative estimate of drug-likeness (QED) is 0.109. The van der Waals surface area contributed by atoms with E-state index >= 15 is 0 Å². The van der Waals surface area contributed by atoms with Crippen molar-refractivity contribution >= 4 is 84.3 Å². The molecule has 0 atom stereocenters. The molecule has 0 saturated carbocycles. The Morgan fingerprint density at radius 2 is 1.03 bits per heavy atom. The summed E-state index contributed by atoms with van der Waals surface area (Å²) in [4.78, 5) is 36.3. The van der Waals surface area contributed by atoms with Gasteiger partial charge in [-0.1, -0.05) is 75.0 Å². The Hall–Kier alpha value is -5.05. The molecule has 4 aromatic carbocycles. The number of methoxy groups -OCH3 is 1. The molecule has 12 nitrogen and oxygen atoms in total. The second kappa shape index (κ2) is 23.9. The molecule has 0 aliphatic carbocycles. The lowest BCUT2D eigenvalue weighted by Gasteiger charge is -2.21. The molecule has 3 amide bonds. The van der Waals surface area contributed by atoms with Crippen LogP contribution in [0.25, 0.3) is 0 Å². The maximum absolute atomic E-state index is 12.8. The van der Waals surface area contributed by atoms with Crippen LogP contribution >= 0.6 is 50.7 Å². The molecule has 406 valence electrons. The molecule has 0 spiro atoms. The fraction of sp³-hybridized carbons (Fsp3) is 0.400. The van der Waals surface area contributed by atoms with E-state index < -0.39 is 69.2 Å².